The van der Waals surface area contributed by atoms with Crippen LogP contribution in [-0.2, 0) is 0 Å². The van der Waals surface area contributed by atoms with E-state index in [0.717, 1.165) is 60.8 Å². The lowest BCUT2D eigenvalue weighted by molar-refractivity contribution is -0.654. The first kappa shape index (κ1) is 18.7. The summed E-state index contributed by atoms with van der Waals surface area (Å²) in [5.74, 6) is -6.35. The minimum Gasteiger partial charge on any atom is -0.206 e. The highest BCUT2D eigenvalue weighted by Gasteiger charge is 2.31. The maximum atomic E-state index is 14.4. The number of para-hydroxylation sites is 2. The predicted octanol–water partition coefficient (Wildman–Crippen LogP) is 4.65. The highest BCUT2D eigenvalue weighted by atomic mass is 19.2. The molecule has 29 heavy (non-hydrogen) atoms. The van der Waals surface area contributed by atoms with Gasteiger partial charge in [-0.15, -0.1) is 0 Å². The van der Waals surface area contributed by atoms with Gasteiger partial charge in [-0.3, -0.25) is 0 Å². The lowest BCUT2D eigenvalue weighted by Crippen LogP contribution is -2.38. The maximum absolute atomic E-state index is 14.4. The first-order valence-corrected chi connectivity index (χ1v) is 8.23. The van der Waals surface area contributed by atoms with Crippen LogP contribution in [0.3, 0.4) is 0 Å². The zero-order valence-electron chi connectivity index (χ0n) is 14.4. The molecule has 146 valence electrons. The van der Waals surface area contributed by atoms with Gasteiger partial charge in [-0.05, 0) is 36.4 Å². The summed E-state index contributed by atoms with van der Waals surface area (Å²) in [5, 5.41) is 3.79. The van der Waals surface area contributed by atoms with Crippen LogP contribution in [0.4, 0.5) is 26.3 Å². The van der Waals surface area contributed by atoms with Crippen molar-refractivity contribution in [3.05, 3.63) is 95.7 Å². The molecule has 0 N–H and O–H groups in total. The minimum absolute atomic E-state index is 0.452. The van der Waals surface area contributed by atoms with Crippen molar-refractivity contribution in [1.82, 2.24) is 9.90 Å². The molecule has 0 unspecified atom stereocenters. The quantitative estimate of drug-likeness (QED) is 0.359. The van der Waals surface area contributed by atoms with Gasteiger partial charge in [0.05, 0.1) is 5.56 Å². The number of benzene rings is 3. The highest BCUT2D eigenvalue weighted by molar-refractivity contribution is 5.58. The second-order valence-electron chi connectivity index (χ2n) is 6.00. The van der Waals surface area contributed by atoms with E-state index in [9.17, 15) is 26.3 Å². The van der Waals surface area contributed by atoms with E-state index >= 15 is 0 Å². The third-order valence-electron chi connectivity index (χ3n) is 4.19. The number of halogens is 6. The third-order valence-corrected chi connectivity index (χ3v) is 4.19. The predicted molar refractivity (Wildman–Crippen MR) is 90.3 cm³/mol. The van der Waals surface area contributed by atoms with Crippen LogP contribution in [-0.4, -0.2) is 9.90 Å². The van der Waals surface area contributed by atoms with Crippen molar-refractivity contribution in [3.63, 3.8) is 0 Å². The summed E-state index contributed by atoms with van der Waals surface area (Å²) in [5.41, 5.74) is -2.56. The van der Waals surface area contributed by atoms with Gasteiger partial charge in [-0.25, -0.2) is 26.3 Å². The molecule has 0 saturated carbocycles. The average molecular weight is 406 g/mol. The van der Waals surface area contributed by atoms with E-state index in [0.29, 0.717) is 9.36 Å². The number of aromatic nitrogens is 3. The number of hydrogen-bond donors (Lipinski definition) is 0. The summed E-state index contributed by atoms with van der Waals surface area (Å²) < 4.78 is 87.0. The Labute approximate surface area is 160 Å². The van der Waals surface area contributed by atoms with Crippen molar-refractivity contribution in [2.45, 2.75) is 0 Å². The van der Waals surface area contributed by atoms with Gasteiger partial charge in [0.2, 0.25) is 17.1 Å². The lowest BCUT2D eigenvalue weighted by Gasteiger charge is -2.03. The summed E-state index contributed by atoms with van der Waals surface area (Å²) in [7, 11) is 0. The van der Waals surface area contributed by atoms with Crippen LogP contribution in [0.1, 0.15) is 0 Å². The van der Waals surface area contributed by atoms with Crippen LogP contribution in [0, 0.1) is 34.9 Å². The topological polar surface area (TPSA) is 21.7 Å². The van der Waals surface area contributed by atoms with Crippen LogP contribution in [0.2, 0.25) is 0 Å². The van der Waals surface area contributed by atoms with Gasteiger partial charge < -0.3 is 0 Å². The zero-order chi connectivity index (χ0) is 20.7. The van der Waals surface area contributed by atoms with E-state index in [1.165, 1.54) is 0 Å². The lowest BCUT2D eigenvalue weighted by atomic mass is 10.1. The van der Waals surface area contributed by atoms with E-state index in [1.807, 2.05) is 0 Å². The summed E-state index contributed by atoms with van der Waals surface area (Å²) in [4.78, 5) is 0. The summed E-state index contributed by atoms with van der Waals surface area (Å²) >= 11 is 0. The molecule has 0 aliphatic rings. The van der Waals surface area contributed by atoms with Crippen molar-refractivity contribution < 1.29 is 31.0 Å². The Bertz CT molecular complexity index is 1110. The Morgan fingerprint density at radius 1 is 0.621 bits per heavy atom. The van der Waals surface area contributed by atoms with Crippen molar-refractivity contribution in [2.24, 2.45) is 0 Å². The molecule has 0 aliphatic carbocycles. The molecule has 1 heterocycles. The van der Waals surface area contributed by atoms with Gasteiger partial charge in [0, 0.05) is 0 Å². The smallest absolute Gasteiger partial charge is 0.206 e. The molecular formula is C20H10F6N3+. The molecule has 0 saturated heterocycles. The molecule has 0 amide bonds. The van der Waals surface area contributed by atoms with Crippen LogP contribution in [0.25, 0.3) is 22.6 Å². The number of rotatable bonds is 3. The van der Waals surface area contributed by atoms with Crippen LogP contribution < -0.4 is 4.68 Å². The fourth-order valence-corrected chi connectivity index (χ4v) is 2.93. The van der Waals surface area contributed by atoms with Crippen molar-refractivity contribution in [2.75, 3.05) is 0 Å². The first-order valence-electron chi connectivity index (χ1n) is 8.23. The minimum atomic E-state index is -1.09. The summed E-state index contributed by atoms with van der Waals surface area (Å²) in [6, 6.07) is 8.87. The molecule has 0 aliphatic heterocycles. The van der Waals surface area contributed by atoms with Gasteiger partial charge in [0.25, 0.3) is 0 Å². The molecule has 0 atom stereocenters. The standard InChI is InChI=1S/C20H10F6N3/c21-11-4-1-5-12(22)18(11)17-10-28(19-13(23)6-2-7-14(19)24)27-29(17)20-15(25)8-3-9-16(20)26/h1-10H/q+1. The number of nitrogens with zero attached hydrogens (tertiary/aromatic N) is 3. The van der Waals surface area contributed by atoms with E-state index in [2.05, 4.69) is 5.21 Å². The van der Waals surface area contributed by atoms with Gasteiger partial charge in [-0.1, -0.05) is 27.6 Å². The highest BCUT2D eigenvalue weighted by Crippen LogP contribution is 2.27. The SMILES string of the molecule is Fc1cccc(F)c1-c1cn(-c2c(F)cccc2F)n[n+]1-c1c(F)cccc1F. The Kier molecular flexibility index (Phi) is 4.57. The van der Waals surface area contributed by atoms with Crippen molar-refractivity contribution in [3.8, 4) is 22.6 Å². The molecule has 4 rings (SSSR count). The van der Waals surface area contributed by atoms with E-state index in [4.69, 9.17) is 0 Å². The molecule has 9 heteroatoms. The molecule has 0 bridgehead atoms. The van der Waals surface area contributed by atoms with Crippen LogP contribution in [0.15, 0.2) is 60.8 Å². The molecule has 3 nitrogen and oxygen atoms in total. The molecular weight excluding hydrogens is 396 g/mol. The summed E-state index contributed by atoms with van der Waals surface area (Å²) in [6.07, 6.45) is 0.884. The summed E-state index contributed by atoms with van der Waals surface area (Å²) in [6.45, 7) is 0. The second-order valence-corrected chi connectivity index (χ2v) is 6.00. The van der Waals surface area contributed by atoms with Gasteiger partial charge in [0.1, 0.15) is 16.8 Å². The molecule has 0 spiro atoms. The molecule has 0 radical (unpaired) electrons. The molecule has 3 aromatic carbocycles. The fourth-order valence-electron chi connectivity index (χ4n) is 2.93. The average Bonchev–Trinajstić information content (AvgIpc) is 3.05. The Morgan fingerprint density at radius 3 is 1.59 bits per heavy atom. The van der Waals surface area contributed by atoms with Gasteiger partial charge >= 0.3 is 0 Å². The Balaban J connectivity index is 2.08. The van der Waals surface area contributed by atoms with E-state index < -0.39 is 57.5 Å². The largest absolute Gasteiger partial charge is 0.227 e. The maximum Gasteiger partial charge on any atom is 0.227 e. The normalized spacial score (nSPS) is 11.1. The molecule has 0 fully saturated rings. The van der Waals surface area contributed by atoms with Gasteiger partial charge in [-0.2, -0.15) is 0 Å². The van der Waals surface area contributed by atoms with Crippen molar-refractivity contribution in [1.29, 1.82) is 0 Å². The van der Waals surface area contributed by atoms with Crippen LogP contribution >= 0.6 is 0 Å². The van der Waals surface area contributed by atoms with Crippen LogP contribution in [0.5, 0.6) is 0 Å². The van der Waals surface area contributed by atoms with Gasteiger partial charge in [0.15, 0.2) is 29.5 Å². The van der Waals surface area contributed by atoms with E-state index in [-0.39, 0.29) is 0 Å². The fraction of sp³-hybridized carbons (Fsp3) is 0. The monoisotopic (exact) mass is 406 g/mol. The third kappa shape index (κ3) is 3.14. The Hall–Kier alpha value is -3.62. The van der Waals surface area contributed by atoms with Crippen molar-refractivity contribution >= 4 is 0 Å². The zero-order valence-corrected chi connectivity index (χ0v) is 14.4. The first-order chi connectivity index (χ1) is 13.9. The molecule has 4 aromatic rings. The second kappa shape index (κ2) is 7.08. The Morgan fingerprint density at radius 2 is 1.07 bits per heavy atom. The van der Waals surface area contributed by atoms with E-state index in [1.54, 1.807) is 0 Å². The molecule has 1 aromatic heterocycles. The number of hydrogen-bond acceptors (Lipinski definition) is 1.